The molecule has 11 nitrogen and oxygen atoms in total. The Morgan fingerprint density at radius 2 is 1.95 bits per heavy atom. The number of carboxylic acids is 1. The molecule has 0 aromatic heterocycles. The molecule has 0 bridgehead atoms. The van der Waals surface area contributed by atoms with Crippen LogP contribution in [0.2, 0.25) is 0 Å². The third kappa shape index (κ3) is 5.37. The molecule has 11 heteroatoms. The van der Waals surface area contributed by atoms with Crippen LogP contribution in [0.4, 0.5) is 5.69 Å². The van der Waals surface area contributed by atoms with E-state index in [0.29, 0.717) is 24.2 Å². The largest absolute Gasteiger partial charge is 0.480 e. The number of nitrogens with one attached hydrogen (secondary N) is 1. The van der Waals surface area contributed by atoms with Gasteiger partial charge in [0.15, 0.2) is 12.6 Å². The van der Waals surface area contributed by atoms with Crippen molar-refractivity contribution in [2.24, 2.45) is 33.7 Å². The predicted octanol–water partition coefficient (Wildman–Crippen LogP) is 3.89. The van der Waals surface area contributed by atoms with E-state index in [2.05, 4.69) is 30.4 Å². The number of benzene rings is 1. The van der Waals surface area contributed by atoms with Crippen molar-refractivity contribution in [2.75, 3.05) is 6.61 Å². The Morgan fingerprint density at radius 1 is 1.17 bits per heavy atom. The van der Waals surface area contributed by atoms with E-state index in [1.807, 2.05) is 0 Å². The van der Waals surface area contributed by atoms with Crippen LogP contribution in [0.5, 0.6) is 0 Å². The molecule has 1 amide bonds. The van der Waals surface area contributed by atoms with E-state index in [1.165, 1.54) is 23.8 Å². The standard InChI is InChI=1S/C30H39N3O8/c1-29-12-10-19(15-18(29)6-7-21-22-8-9-24(34)30(22,2)13-11-23(21)29)32-41-16-25(35)31-26(28(37)38)27(36)17-4-3-5-20(14-17)33(39)40/h3-5,14-15,21-24,26-27,34,36H,6-13,16H2,1-2H3,(H,31,35)(H,37,38)/t21-,22+,23-,24+,26+,27-,29+,30+/m1/s1. The van der Waals surface area contributed by atoms with Gasteiger partial charge in [0.05, 0.1) is 16.7 Å². The quantitative estimate of drug-likeness (QED) is 0.270. The van der Waals surface area contributed by atoms with Crippen molar-refractivity contribution < 1.29 is 34.7 Å². The van der Waals surface area contributed by atoms with E-state index in [0.717, 1.165) is 56.7 Å². The second-order valence-corrected chi connectivity index (χ2v) is 12.7. The molecule has 0 spiro atoms. The number of allylic oxidation sites excluding steroid dienone is 2. The van der Waals surface area contributed by atoms with Crippen molar-refractivity contribution in [1.82, 2.24) is 5.32 Å². The highest BCUT2D eigenvalue weighted by molar-refractivity contribution is 5.96. The number of carbonyl (C=O) groups excluding carboxylic acids is 1. The molecule has 0 unspecified atom stereocenters. The number of carboxylic acid groups (broad SMARTS) is 1. The molecule has 8 atom stereocenters. The third-order valence-electron chi connectivity index (χ3n) is 10.6. The lowest BCUT2D eigenvalue weighted by Gasteiger charge is -2.57. The van der Waals surface area contributed by atoms with E-state index in [-0.39, 0.29) is 28.2 Å². The lowest BCUT2D eigenvalue weighted by atomic mass is 9.47. The van der Waals surface area contributed by atoms with Crippen LogP contribution < -0.4 is 5.32 Å². The number of nitro groups is 1. The highest BCUT2D eigenvalue weighted by Crippen LogP contribution is 2.65. The Bertz CT molecular complexity index is 1280. The van der Waals surface area contributed by atoms with Crippen molar-refractivity contribution in [1.29, 1.82) is 0 Å². The minimum Gasteiger partial charge on any atom is -0.480 e. The molecule has 41 heavy (non-hydrogen) atoms. The van der Waals surface area contributed by atoms with Crippen molar-refractivity contribution in [2.45, 2.75) is 83.5 Å². The molecule has 1 aromatic carbocycles. The molecule has 4 N–H and O–H groups in total. The van der Waals surface area contributed by atoms with Crippen molar-refractivity contribution >= 4 is 23.3 Å². The maximum absolute atomic E-state index is 12.5. The van der Waals surface area contributed by atoms with E-state index in [1.54, 1.807) is 0 Å². The zero-order valence-corrected chi connectivity index (χ0v) is 23.5. The average molecular weight is 570 g/mol. The molecule has 5 rings (SSSR count). The van der Waals surface area contributed by atoms with Gasteiger partial charge in [0, 0.05) is 12.1 Å². The number of nitro benzene ring substituents is 1. The van der Waals surface area contributed by atoms with Crippen LogP contribution in [-0.4, -0.2) is 56.6 Å². The van der Waals surface area contributed by atoms with Gasteiger partial charge in [-0.2, -0.15) is 0 Å². The summed E-state index contributed by atoms with van der Waals surface area (Å²) in [5.41, 5.74) is 1.93. The highest BCUT2D eigenvalue weighted by atomic mass is 16.6. The fourth-order valence-electron chi connectivity index (χ4n) is 8.29. The zero-order valence-electron chi connectivity index (χ0n) is 23.5. The summed E-state index contributed by atoms with van der Waals surface area (Å²) < 4.78 is 0. The summed E-state index contributed by atoms with van der Waals surface area (Å²) in [5.74, 6) is -0.484. The topological polar surface area (TPSA) is 172 Å². The number of aliphatic carboxylic acids is 1. The van der Waals surface area contributed by atoms with Crippen molar-refractivity contribution in [3.63, 3.8) is 0 Å². The molecule has 0 saturated heterocycles. The fourth-order valence-corrected chi connectivity index (χ4v) is 8.29. The lowest BCUT2D eigenvalue weighted by Crippen LogP contribution is -2.51. The number of fused-ring (bicyclic) bond motifs is 5. The van der Waals surface area contributed by atoms with Gasteiger partial charge < -0.3 is 25.5 Å². The maximum atomic E-state index is 12.5. The van der Waals surface area contributed by atoms with Crippen LogP contribution >= 0.6 is 0 Å². The summed E-state index contributed by atoms with van der Waals surface area (Å²) >= 11 is 0. The lowest BCUT2D eigenvalue weighted by molar-refractivity contribution is -0.385. The highest BCUT2D eigenvalue weighted by Gasteiger charge is 2.58. The number of rotatable bonds is 8. The van der Waals surface area contributed by atoms with Gasteiger partial charge in [0.1, 0.15) is 6.10 Å². The Labute approximate surface area is 238 Å². The Kier molecular flexibility index (Phi) is 7.95. The van der Waals surface area contributed by atoms with Crippen LogP contribution in [0.1, 0.15) is 76.9 Å². The molecule has 4 aliphatic carbocycles. The van der Waals surface area contributed by atoms with Gasteiger partial charge in [0.2, 0.25) is 0 Å². The number of hydrogen-bond acceptors (Lipinski definition) is 8. The van der Waals surface area contributed by atoms with E-state index in [4.69, 9.17) is 4.84 Å². The first-order chi connectivity index (χ1) is 19.4. The summed E-state index contributed by atoms with van der Waals surface area (Å²) in [6.45, 7) is 4.11. The molecule has 222 valence electrons. The first-order valence-electron chi connectivity index (χ1n) is 14.5. The first-order valence-corrected chi connectivity index (χ1v) is 14.5. The Morgan fingerprint density at radius 3 is 2.68 bits per heavy atom. The third-order valence-corrected chi connectivity index (χ3v) is 10.6. The maximum Gasteiger partial charge on any atom is 0.329 e. The minimum atomic E-state index is -1.73. The van der Waals surface area contributed by atoms with Gasteiger partial charge in [-0.1, -0.05) is 36.7 Å². The van der Waals surface area contributed by atoms with E-state index >= 15 is 0 Å². The molecule has 3 fully saturated rings. The minimum absolute atomic E-state index is 0.00800. The second kappa shape index (κ2) is 11.2. The molecule has 0 heterocycles. The second-order valence-electron chi connectivity index (χ2n) is 12.7. The number of carbonyl (C=O) groups is 2. The normalized spacial score (nSPS) is 34.8. The Hall–Kier alpha value is -3.31. The van der Waals surface area contributed by atoms with Crippen LogP contribution in [-0.2, 0) is 14.4 Å². The molecule has 0 radical (unpaired) electrons. The van der Waals surface area contributed by atoms with Crippen LogP contribution in [0.3, 0.4) is 0 Å². The van der Waals surface area contributed by atoms with Crippen LogP contribution in [0.25, 0.3) is 0 Å². The number of hydrogen-bond donors (Lipinski definition) is 4. The molecule has 3 saturated carbocycles. The number of non-ortho nitro benzene ring substituents is 1. The molecule has 0 aliphatic heterocycles. The van der Waals surface area contributed by atoms with Gasteiger partial charge in [-0.3, -0.25) is 14.9 Å². The molecule has 4 aliphatic rings. The van der Waals surface area contributed by atoms with Gasteiger partial charge in [0.25, 0.3) is 11.6 Å². The smallest absolute Gasteiger partial charge is 0.329 e. The summed E-state index contributed by atoms with van der Waals surface area (Å²) in [6.07, 6.45) is 8.16. The predicted molar refractivity (Wildman–Crippen MR) is 149 cm³/mol. The van der Waals surface area contributed by atoms with E-state index in [9.17, 15) is 35.0 Å². The monoisotopic (exact) mass is 569 g/mol. The first kappa shape index (κ1) is 29.2. The number of nitrogens with zero attached hydrogens (tertiary/aromatic N) is 2. The number of aliphatic hydroxyl groups is 2. The van der Waals surface area contributed by atoms with Crippen LogP contribution in [0.15, 0.2) is 41.1 Å². The number of amides is 1. The summed E-state index contributed by atoms with van der Waals surface area (Å²) in [7, 11) is 0. The SMILES string of the molecule is C[C@]12CC[C@@H]3[C@H](CCC4=CC(=NOCC(=O)N[C@H](C(=O)O)[C@H](O)c5cccc([N+](=O)[O-])c5)CC[C@@]43C)[C@@H]1CC[C@@H]2O. The summed E-state index contributed by atoms with van der Waals surface area (Å²) in [5, 5.41) is 48.2. The molecular weight excluding hydrogens is 530 g/mol. The summed E-state index contributed by atoms with van der Waals surface area (Å²) in [6, 6.07) is 3.24. The van der Waals surface area contributed by atoms with Gasteiger partial charge in [-0.25, -0.2) is 4.79 Å². The van der Waals surface area contributed by atoms with Crippen LogP contribution in [0, 0.1) is 38.7 Å². The Balaban J connectivity index is 1.19. The van der Waals surface area contributed by atoms with Crippen molar-refractivity contribution in [3.05, 3.63) is 51.6 Å². The average Bonchev–Trinajstić information content (AvgIpc) is 3.25. The van der Waals surface area contributed by atoms with E-state index < -0.39 is 35.6 Å². The zero-order chi connectivity index (χ0) is 29.5. The van der Waals surface area contributed by atoms with Gasteiger partial charge in [-0.05, 0) is 91.6 Å². The number of aliphatic hydroxyl groups excluding tert-OH is 2. The molecular formula is C30H39N3O8. The van der Waals surface area contributed by atoms with Gasteiger partial charge in [-0.15, -0.1) is 0 Å². The fraction of sp³-hybridized carbons (Fsp3) is 0.633. The molecule has 1 aromatic rings. The summed E-state index contributed by atoms with van der Waals surface area (Å²) in [4.78, 5) is 39.9. The van der Waals surface area contributed by atoms with Crippen molar-refractivity contribution in [3.8, 4) is 0 Å². The number of oxime groups is 1. The van der Waals surface area contributed by atoms with Gasteiger partial charge >= 0.3 is 5.97 Å².